The molecule has 0 aromatic heterocycles. The minimum absolute atomic E-state index is 0. The molecule has 0 aliphatic carbocycles. The van der Waals surface area contributed by atoms with Crippen LogP contribution in [0.25, 0.3) is 0 Å². The largest absolute Gasteiger partial charge is 1.00 e. The van der Waals surface area contributed by atoms with Gasteiger partial charge in [-0.05, 0) is 29.7 Å². The number of amides is 2. The first-order valence-corrected chi connectivity index (χ1v) is 8.91. The molecule has 1 aromatic carbocycles. The molecule has 1 aromatic rings. The zero-order chi connectivity index (χ0) is 18.1. The van der Waals surface area contributed by atoms with Gasteiger partial charge in [-0.3, -0.25) is 14.5 Å². The normalized spacial score (nSPS) is 21.5. The molecule has 0 radical (unpaired) electrons. The van der Waals surface area contributed by atoms with E-state index in [9.17, 15) is 24.6 Å². The summed E-state index contributed by atoms with van der Waals surface area (Å²) in [6.07, 6.45) is 0.863. The summed E-state index contributed by atoms with van der Waals surface area (Å²) in [5.74, 6) is -2.12. The molecule has 0 spiro atoms. The van der Waals surface area contributed by atoms with Crippen LogP contribution in [0.15, 0.2) is 35.5 Å². The van der Waals surface area contributed by atoms with E-state index in [4.69, 9.17) is 0 Å². The third-order valence-corrected chi connectivity index (χ3v) is 5.68. The molecule has 132 valence electrons. The minimum Gasteiger partial charge on any atom is -0.543 e. The van der Waals surface area contributed by atoms with Gasteiger partial charge in [0.1, 0.15) is 11.4 Å². The Morgan fingerprint density at radius 1 is 1.35 bits per heavy atom. The molecule has 3 rings (SSSR count). The van der Waals surface area contributed by atoms with Crippen LogP contribution in [0.2, 0.25) is 0 Å². The Hall–Kier alpha value is -1.72. The van der Waals surface area contributed by atoms with Gasteiger partial charge in [-0.15, -0.1) is 11.8 Å². The maximum Gasteiger partial charge on any atom is 1.00 e. The summed E-state index contributed by atoms with van der Waals surface area (Å²) in [6.45, 7) is 1.56. The van der Waals surface area contributed by atoms with Crippen LogP contribution in [0.4, 0.5) is 0 Å². The maximum absolute atomic E-state index is 12.3. The molecule has 1 fully saturated rings. The van der Waals surface area contributed by atoms with Gasteiger partial charge < -0.3 is 20.3 Å². The number of carboxylic acid groups (broad SMARTS) is 1. The fraction of sp³-hybridized carbons (Fsp3) is 0.353. The maximum atomic E-state index is 12.3. The summed E-state index contributed by atoms with van der Waals surface area (Å²) in [5.41, 5.74) is 1.50. The summed E-state index contributed by atoms with van der Waals surface area (Å²) in [6, 6.07) is 6.30. The van der Waals surface area contributed by atoms with Gasteiger partial charge in [-0.25, -0.2) is 0 Å². The number of hydrogen-bond donors (Lipinski definition) is 2. The predicted octanol–water partition coefficient (Wildman–Crippen LogP) is -3.74. The summed E-state index contributed by atoms with van der Waals surface area (Å²) < 4.78 is 0. The Kier molecular flexibility index (Phi) is 6.58. The van der Waals surface area contributed by atoms with E-state index in [0.29, 0.717) is 5.56 Å². The molecule has 0 bridgehead atoms. The third kappa shape index (κ3) is 3.55. The van der Waals surface area contributed by atoms with Crippen LogP contribution in [-0.4, -0.2) is 51.6 Å². The number of aliphatic hydroxyl groups is 1. The van der Waals surface area contributed by atoms with E-state index in [1.165, 1.54) is 11.8 Å². The Labute approximate surface area is 167 Å². The average Bonchev–Trinajstić information content (AvgIpc) is 2.64. The molecule has 0 saturated carbocycles. The number of nitrogens with one attached hydrogen (secondary N) is 1. The molecular weight excluding hydrogens is 351 g/mol. The number of β-lactam (4-membered cyclic amide) rings is 1. The molecule has 2 heterocycles. The third-order valence-electron chi connectivity index (χ3n) is 4.34. The Morgan fingerprint density at radius 2 is 2.00 bits per heavy atom. The predicted molar refractivity (Wildman–Crippen MR) is 89.3 cm³/mol. The van der Waals surface area contributed by atoms with E-state index in [-0.39, 0.29) is 41.8 Å². The number of aliphatic hydroxyl groups excluding tert-OH is 1. The summed E-state index contributed by atoms with van der Waals surface area (Å²) in [5, 5.41) is 22.7. The Bertz CT molecular complexity index is 765. The zero-order valence-corrected chi connectivity index (χ0v) is 15.3. The molecule has 7 nitrogen and oxygen atoms in total. The van der Waals surface area contributed by atoms with E-state index >= 15 is 0 Å². The monoisotopic (exact) mass is 368 g/mol. The van der Waals surface area contributed by atoms with Gasteiger partial charge in [0.05, 0.1) is 18.3 Å². The Morgan fingerprint density at radius 3 is 2.54 bits per heavy atom. The molecule has 26 heavy (non-hydrogen) atoms. The standard InChI is InChI=1S/C17H18N2O5S.Li/c1-2-9-3-5-10(6-4-9)14(21)18-12-15(22)19-13(17(23)24)11(7-20)8-25-16(12)19;/h3-6,12,16,20H,2,7-8H2,1H3,(H,18,21)(H,23,24);/q;+1/p-1/t12-,16+;/m0./s1. The van der Waals surface area contributed by atoms with E-state index in [0.717, 1.165) is 16.9 Å². The van der Waals surface area contributed by atoms with Gasteiger partial charge in [0.2, 0.25) is 0 Å². The average molecular weight is 368 g/mol. The summed E-state index contributed by atoms with van der Waals surface area (Å²) >= 11 is 1.30. The molecular formula is C17H17LiN2O5S. The number of rotatable bonds is 5. The molecule has 2 aliphatic rings. The van der Waals surface area contributed by atoms with E-state index in [1.54, 1.807) is 12.1 Å². The summed E-state index contributed by atoms with van der Waals surface area (Å²) in [4.78, 5) is 37.0. The van der Waals surface area contributed by atoms with Crippen molar-refractivity contribution in [2.24, 2.45) is 0 Å². The molecule has 0 unspecified atom stereocenters. The van der Waals surface area contributed by atoms with Gasteiger partial charge in [0.15, 0.2) is 0 Å². The second-order valence-electron chi connectivity index (χ2n) is 5.81. The number of carbonyl (C=O) groups is 3. The van der Waals surface area contributed by atoms with Crippen molar-refractivity contribution < 1.29 is 43.5 Å². The Balaban J connectivity index is 0.00000243. The van der Waals surface area contributed by atoms with Gasteiger partial charge >= 0.3 is 18.9 Å². The SMILES string of the molecule is CCc1ccc(C(=O)N[C@H]2C(=O)N3C(C(=O)[O-])=C(CO)CS[C@H]23)cc1.[Li+]. The fourth-order valence-corrected chi connectivity index (χ4v) is 4.24. The number of carboxylic acids is 1. The topological polar surface area (TPSA) is 110 Å². The van der Waals surface area contributed by atoms with Crippen LogP contribution >= 0.6 is 11.8 Å². The van der Waals surface area contributed by atoms with Crippen LogP contribution in [0, 0.1) is 0 Å². The van der Waals surface area contributed by atoms with Crippen LogP contribution in [0.1, 0.15) is 22.8 Å². The second-order valence-corrected chi connectivity index (χ2v) is 6.91. The number of hydrogen-bond acceptors (Lipinski definition) is 6. The van der Waals surface area contributed by atoms with Crippen LogP contribution in [0.3, 0.4) is 0 Å². The first kappa shape index (κ1) is 20.6. The quantitative estimate of drug-likeness (QED) is 0.408. The first-order valence-electron chi connectivity index (χ1n) is 7.86. The van der Waals surface area contributed by atoms with Crippen molar-refractivity contribution in [3.8, 4) is 0 Å². The zero-order valence-electron chi connectivity index (χ0n) is 14.5. The molecule has 2 amide bonds. The van der Waals surface area contributed by atoms with Crippen molar-refractivity contribution >= 4 is 29.5 Å². The van der Waals surface area contributed by atoms with Crippen molar-refractivity contribution in [2.45, 2.75) is 24.8 Å². The smallest absolute Gasteiger partial charge is 0.543 e. The van der Waals surface area contributed by atoms with Crippen molar-refractivity contribution in [1.29, 1.82) is 0 Å². The minimum atomic E-state index is -1.50. The van der Waals surface area contributed by atoms with Crippen molar-refractivity contribution in [1.82, 2.24) is 10.2 Å². The number of fused-ring (bicyclic) bond motifs is 1. The number of aliphatic carboxylic acids is 1. The molecule has 9 heteroatoms. The number of nitrogens with zero attached hydrogens (tertiary/aromatic N) is 1. The molecule has 2 aliphatic heterocycles. The number of aryl methyl sites for hydroxylation is 1. The van der Waals surface area contributed by atoms with Crippen molar-refractivity contribution in [3.05, 3.63) is 46.7 Å². The fourth-order valence-electron chi connectivity index (χ4n) is 2.91. The van der Waals surface area contributed by atoms with Crippen LogP contribution in [0.5, 0.6) is 0 Å². The molecule has 2 N–H and O–H groups in total. The van der Waals surface area contributed by atoms with Crippen molar-refractivity contribution in [2.75, 3.05) is 12.4 Å². The number of carbonyl (C=O) groups excluding carboxylic acids is 3. The van der Waals surface area contributed by atoms with Gasteiger partial charge in [-0.2, -0.15) is 0 Å². The number of thioether (sulfide) groups is 1. The van der Waals surface area contributed by atoms with E-state index < -0.39 is 29.9 Å². The van der Waals surface area contributed by atoms with Crippen LogP contribution < -0.4 is 29.3 Å². The summed E-state index contributed by atoms with van der Waals surface area (Å²) in [7, 11) is 0. The second kappa shape index (κ2) is 8.31. The van der Waals surface area contributed by atoms with Crippen molar-refractivity contribution in [3.63, 3.8) is 0 Å². The van der Waals surface area contributed by atoms with E-state index in [2.05, 4.69) is 5.32 Å². The molecule has 1 saturated heterocycles. The number of benzene rings is 1. The van der Waals surface area contributed by atoms with E-state index in [1.807, 2.05) is 19.1 Å². The molecule has 2 atom stereocenters. The first-order chi connectivity index (χ1) is 12.0. The van der Waals surface area contributed by atoms with Crippen LogP contribution in [-0.2, 0) is 16.0 Å². The van der Waals surface area contributed by atoms with Gasteiger partial charge in [-0.1, -0.05) is 19.1 Å². The van der Waals surface area contributed by atoms with Gasteiger partial charge in [0.25, 0.3) is 11.8 Å². The van der Waals surface area contributed by atoms with Gasteiger partial charge in [0, 0.05) is 11.3 Å².